The molecule has 5 heteroatoms. The molecule has 0 spiro atoms. The topological polar surface area (TPSA) is 29.5 Å². The molecule has 0 aromatic heterocycles. The summed E-state index contributed by atoms with van der Waals surface area (Å²) in [7, 11) is 6.08. The first kappa shape index (κ1) is 18.2. The SMILES string of the molecule is CC(C)CN(C)CCOC(=O)CCCCC1CCSS1. The highest BCUT2D eigenvalue weighted by molar-refractivity contribution is 8.77. The number of ether oxygens (including phenoxy) is 1. The first-order chi connectivity index (χ1) is 9.58. The van der Waals surface area contributed by atoms with Crippen molar-refractivity contribution in [1.82, 2.24) is 4.90 Å². The summed E-state index contributed by atoms with van der Waals surface area (Å²) in [5.74, 6) is 1.92. The highest BCUT2D eigenvalue weighted by atomic mass is 33.1. The molecule has 1 heterocycles. The van der Waals surface area contributed by atoms with Gasteiger partial charge in [0.15, 0.2) is 0 Å². The summed E-state index contributed by atoms with van der Waals surface area (Å²) in [5, 5.41) is 0.820. The molecule has 118 valence electrons. The lowest BCUT2D eigenvalue weighted by Crippen LogP contribution is -2.27. The van der Waals surface area contributed by atoms with Crippen LogP contribution in [0, 0.1) is 5.92 Å². The van der Waals surface area contributed by atoms with Gasteiger partial charge in [0.25, 0.3) is 0 Å². The van der Waals surface area contributed by atoms with Crippen molar-refractivity contribution in [3.05, 3.63) is 0 Å². The fourth-order valence-electron chi connectivity index (χ4n) is 2.31. The van der Waals surface area contributed by atoms with E-state index < -0.39 is 0 Å². The van der Waals surface area contributed by atoms with Crippen molar-refractivity contribution in [3.63, 3.8) is 0 Å². The molecule has 1 fully saturated rings. The van der Waals surface area contributed by atoms with Crippen LogP contribution in [0.3, 0.4) is 0 Å². The van der Waals surface area contributed by atoms with Gasteiger partial charge in [-0.15, -0.1) is 0 Å². The second-order valence-corrected chi connectivity index (χ2v) is 8.74. The van der Waals surface area contributed by atoms with Crippen molar-refractivity contribution in [3.8, 4) is 0 Å². The molecule has 1 aliphatic rings. The van der Waals surface area contributed by atoms with E-state index in [9.17, 15) is 4.79 Å². The number of carbonyl (C=O) groups excluding carboxylic acids is 1. The molecule has 20 heavy (non-hydrogen) atoms. The Morgan fingerprint density at radius 3 is 2.85 bits per heavy atom. The minimum atomic E-state index is -0.0311. The van der Waals surface area contributed by atoms with Gasteiger partial charge in [0.2, 0.25) is 0 Å². The van der Waals surface area contributed by atoms with E-state index in [1.807, 2.05) is 21.6 Å². The number of likely N-dealkylation sites (N-methyl/N-ethyl adjacent to an activating group) is 1. The third-order valence-electron chi connectivity index (χ3n) is 3.30. The van der Waals surface area contributed by atoms with Gasteiger partial charge in [0.05, 0.1) is 0 Å². The number of carbonyl (C=O) groups is 1. The molecule has 1 saturated heterocycles. The van der Waals surface area contributed by atoms with E-state index in [4.69, 9.17) is 4.74 Å². The first-order valence-electron chi connectivity index (χ1n) is 7.70. The van der Waals surface area contributed by atoms with Crippen LogP contribution in [0.4, 0.5) is 0 Å². The van der Waals surface area contributed by atoms with Gasteiger partial charge in [-0.05, 0) is 32.2 Å². The molecule has 1 rings (SSSR count). The van der Waals surface area contributed by atoms with E-state index in [-0.39, 0.29) is 5.97 Å². The Morgan fingerprint density at radius 2 is 2.20 bits per heavy atom. The zero-order chi connectivity index (χ0) is 14.8. The van der Waals surface area contributed by atoms with Crippen molar-refractivity contribution in [1.29, 1.82) is 0 Å². The molecule has 3 nitrogen and oxygen atoms in total. The maximum Gasteiger partial charge on any atom is 0.305 e. The summed E-state index contributed by atoms with van der Waals surface area (Å²) >= 11 is 0. The molecule has 0 aliphatic carbocycles. The smallest absolute Gasteiger partial charge is 0.305 e. The zero-order valence-corrected chi connectivity index (χ0v) is 14.7. The predicted molar refractivity (Wildman–Crippen MR) is 90.2 cm³/mol. The quantitative estimate of drug-likeness (QED) is 0.347. The molecular formula is C15H29NO2S2. The van der Waals surface area contributed by atoms with Gasteiger partial charge < -0.3 is 9.64 Å². The Kier molecular flexibility index (Phi) is 9.82. The van der Waals surface area contributed by atoms with Gasteiger partial charge in [0.1, 0.15) is 6.61 Å². The minimum Gasteiger partial charge on any atom is -0.464 e. The van der Waals surface area contributed by atoms with E-state index in [2.05, 4.69) is 25.8 Å². The molecule has 0 aromatic rings. The summed E-state index contributed by atoms with van der Waals surface area (Å²) in [6.45, 7) is 6.80. The van der Waals surface area contributed by atoms with E-state index in [0.29, 0.717) is 18.9 Å². The Labute approximate surface area is 132 Å². The standard InChI is InChI=1S/C15H29NO2S2/c1-13(2)12-16(3)9-10-18-15(17)7-5-4-6-14-8-11-19-20-14/h13-14H,4-12H2,1-3H3. The summed E-state index contributed by atoms with van der Waals surface area (Å²) < 4.78 is 5.28. The minimum absolute atomic E-state index is 0.0311. The molecule has 0 amide bonds. The van der Waals surface area contributed by atoms with Crippen LogP contribution >= 0.6 is 21.6 Å². The highest BCUT2D eigenvalue weighted by Gasteiger charge is 2.15. The Balaban J connectivity index is 1.92. The predicted octanol–water partition coefficient (Wildman–Crippen LogP) is 3.83. The van der Waals surface area contributed by atoms with Crippen molar-refractivity contribution in [2.45, 2.75) is 51.2 Å². The van der Waals surface area contributed by atoms with E-state index in [0.717, 1.165) is 31.2 Å². The fraction of sp³-hybridized carbons (Fsp3) is 0.933. The van der Waals surface area contributed by atoms with Crippen LogP contribution in [0.25, 0.3) is 0 Å². The number of rotatable bonds is 10. The largest absolute Gasteiger partial charge is 0.464 e. The van der Waals surface area contributed by atoms with Gasteiger partial charge in [-0.2, -0.15) is 0 Å². The summed E-state index contributed by atoms with van der Waals surface area (Å²) in [6, 6.07) is 0. The molecule has 0 radical (unpaired) electrons. The average Bonchev–Trinajstić information content (AvgIpc) is 2.86. The Hall–Kier alpha value is 0.130. The molecule has 1 atom stereocenters. The molecule has 1 aliphatic heterocycles. The molecule has 0 N–H and O–H groups in total. The fourth-order valence-corrected chi connectivity index (χ4v) is 5.34. The maximum atomic E-state index is 11.6. The molecule has 1 unspecified atom stereocenters. The Morgan fingerprint density at radius 1 is 1.40 bits per heavy atom. The van der Waals surface area contributed by atoms with E-state index in [1.54, 1.807) is 0 Å². The molecular weight excluding hydrogens is 290 g/mol. The van der Waals surface area contributed by atoms with Gasteiger partial charge in [-0.3, -0.25) is 4.79 Å². The van der Waals surface area contributed by atoms with E-state index >= 15 is 0 Å². The normalized spacial score (nSPS) is 18.9. The summed E-state index contributed by atoms with van der Waals surface area (Å²) in [4.78, 5) is 13.8. The van der Waals surface area contributed by atoms with Crippen molar-refractivity contribution in [2.75, 3.05) is 32.5 Å². The maximum absolute atomic E-state index is 11.6. The van der Waals surface area contributed by atoms with Gasteiger partial charge in [0, 0.05) is 30.5 Å². The van der Waals surface area contributed by atoms with Crippen molar-refractivity contribution in [2.24, 2.45) is 5.92 Å². The van der Waals surface area contributed by atoms with Crippen LogP contribution in [-0.4, -0.2) is 48.6 Å². The van der Waals surface area contributed by atoms with Crippen LogP contribution < -0.4 is 0 Å². The van der Waals surface area contributed by atoms with Crippen LogP contribution in [-0.2, 0) is 9.53 Å². The number of esters is 1. The molecule has 0 bridgehead atoms. The number of hydrogen-bond acceptors (Lipinski definition) is 5. The lowest BCUT2D eigenvalue weighted by molar-refractivity contribution is -0.144. The second kappa shape index (κ2) is 10.8. The Bertz CT molecular complexity index is 269. The lowest BCUT2D eigenvalue weighted by Gasteiger charge is -2.18. The van der Waals surface area contributed by atoms with Crippen molar-refractivity contribution < 1.29 is 9.53 Å². The van der Waals surface area contributed by atoms with Crippen LogP contribution in [0.15, 0.2) is 0 Å². The van der Waals surface area contributed by atoms with Gasteiger partial charge in [-0.25, -0.2) is 0 Å². The zero-order valence-electron chi connectivity index (χ0n) is 13.1. The number of unbranched alkanes of at least 4 members (excludes halogenated alkanes) is 1. The van der Waals surface area contributed by atoms with Crippen LogP contribution in [0.1, 0.15) is 46.0 Å². The molecule has 0 saturated carbocycles. The van der Waals surface area contributed by atoms with Crippen molar-refractivity contribution >= 4 is 27.6 Å². The van der Waals surface area contributed by atoms with Gasteiger partial charge >= 0.3 is 5.97 Å². The number of hydrogen-bond donors (Lipinski definition) is 0. The van der Waals surface area contributed by atoms with Gasteiger partial charge in [-0.1, -0.05) is 41.9 Å². The van der Waals surface area contributed by atoms with Crippen LogP contribution in [0.2, 0.25) is 0 Å². The third kappa shape index (κ3) is 9.14. The summed E-state index contributed by atoms with van der Waals surface area (Å²) in [6.07, 6.45) is 5.30. The first-order valence-corrected chi connectivity index (χ1v) is 10.1. The summed E-state index contributed by atoms with van der Waals surface area (Å²) in [5.41, 5.74) is 0. The highest BCUT2D eigenvalue weighted by Crippen LogP contribution is 2.39. The monoisotopic (exact) mass is 319 g/mol. The number of nitrogens with zero attached hydrogens (tertiary/aromatic N) is 1. The second-order valence-electron chi connectivity index (χ2n) is 5.95. The molecule has 0 aromatic carbocycles. The van der Waals surface area contributed by atoms with Crippen LogP contribution in [0.5, 0.6) is 0 Å². The van der Waals surface area contributed by atoms with E-state index in [1.165, 1.54) is 18.6 Å². The lowest BCUT2D eigenvalue weighted by atomic mass is 10.1. The average molecular weight is 320 g/mol. The third-order valence-corrected chi connectivity index (χ3v) is 6.30.